The van der Waals surface area contributed by atoms with Gasteiger partial charge in [-0.1, -0.05) is 13.8 Å². The van der Waals surface area contributed by atoms with Crippen molar-refractivity contribution in [2.75, 3.05) is 7.05 Å². The molecule has 0 radical (unpaired) electrons. The Morgan fingerprint density at radius 3 is 2.39 bits per heavy atom. The van der Waals surface area contributed by atoms with Crippen LogP contribution in [0.1, 0.15) is 78.6 Å². The van der Waals surface area contributed by atoms with Gasteiger partial charge in [-0.3, -0.25) is 4.79 Å². The minimum atomic E-state index is -1.27. The largest absolute Gasteiger partial charge is 0.388 e. The maximum absolute atomic E-state index is 12.7. The molecule has 0 aromatic heterocycles. The van der Waals surface area contributed by atoms with E-state index in [0.717, 1.165) is 57.8 Å². The lowest BCUT2D eigenvalue weighted by Gasteiger charge is -2.64. The average Bonchev–Trinajstić information content (AvgIpc) is 3.12. The van der Waals surface area contributed by atoms with Gasteiger partial charge in [-0.25, -0.2) is 0 Å². The van der Waals surface area contributed by atoms with Gasteiger partial charge in [0.1, 0.15) is 18.3 Å². The monoisotopic (exact) mass is 530 g/mol. The number of carbonyl (C=O) groups excluding carboxylic acids is 1. The minimum absolute atomic E-state index is 0. The van der Waals surface area contributed by atoms with E-state index in [1.165, 1.54) is 0 Å². The zero-order valence-electron chi connectivity index (χ0n) is 22.2. The number of nitrogens with one attached hydrogen (secondary N) is 1. The number of aliphatic hydroxyl groups excluding tert-OH is 3. The summed E-state index contributed by atoms with van der Waals surface area (Å²) < 4.78 is 11.9. The lowest BCUT2D eigenvalue weighted by Crippen LogP contribution is -2.67. The number of ether oxygens (including phenoxy) is 2. The molecule has 3 unspecified atom stereocenters. The Bertz CT molecular complexity index is 834. The number of carbonyl (C=O) groups is 1. The molecule has 5 aliphatic rings. The smallest absolute Gasteiger partial charge is 0.223 e. The van der Waals surface area contributed by atoms with Crippen molar-refractivity contribution in [1.29, 1.82) is 0 Å². The van der Waals surface area contributed by atoms with E-state index in [-0.39, 0.29) is 46.7 Å². The van der Waals surface area contributed by atoms with E-state index in [2.05, 4.69) is 19.2 Å². The number of aliphatic hydroxyl groups is 3. The summed E-state index contributed by atoms with van der Waals surface area (Å²) in [6.07, 6.45) is 3.78. The first-order chi connectivity index (χ1) is 16.5. The summed E-state index contributed by atoms with van der Waals surface area (Å²) in [5.41, 5.74) is 7.08. The van der Waals surface area contributed by atoms with Crippen molar-refractivity contribution in [3.8, 4) is 0 Å². The quantitative estimate of drug-likeness (QED) is 0.353. The van der Waals surface area contributed by atoms with Crippen LogP contribution >= 0.6 is 12.4 Å². The van der Waals surface area contributed by atoms with Crippen LogP contribution in [0.5, 0.6) is 0 Å². The molecule has 1 aliphatic heterocycles. The predicted molar refractivity (Wildman–Crippen MR) is 137 cm³/mol. The molecule has 0 aromatic rings. The summed E-state index contributed by atoms with van der Waals surface area (Å²) in [5.74, 6) is 1.66. The Labute approximate surface area is 221 Å². The molecule has 1 amide bonds. The van der Waals surface area contributed by atoms with Crippen LogP contribution in [0.4, 0.5) is 0 Å². The van der Waals surface area contributed by atoms with Crippen molar-refractivity contribution < 1.29 is 29.6 Å². The van der Waals surface area contributed by atoms with E-state index in [1.807, 2.05) is 0 Å². The third kappa shape index (κ3) is 4.05. The van der Waals surface area contributed by atoms with Crippen LogP contribution < -0.4 is 11.1 Å². The number of amides is 1. The number of halogens is 1. The molecule has 6 N–H and O–H groups in total. The second-order valence-corrected chi connectivity index (χ2v) is 12.9. The first-order valence-corrected chi connectivity index (χ1v) is 13.8. The summed E-state index contributed by atoms with van der Waals surface area (Å²) in [6.45, 7) is 6.42. The number of hydrogen-bond donors (Lipinski definition) is 5. The Balaban J connectivity index is 0.00000304. The first-order valence-electron chi connectivity index (χ1n) is 13.8. The zero-order valence-corrected chi connectivity index (χ0v) is 23.0. The molecule has 208 valence electrons. The van der Waals surface area contributed by atoms with Gasteiger partial charge < -0.3 is 35.8 Å². The fraction of sp³-hybridized carbons (Fsp3) is 0.963. The fourth-order valence-electron chi connectivity index (χ4n) is 9.32. The van der Waals surface area contributed by atoms with Crippen LogP contribution in [0, 0.1) is 34.5 Å². The van der Waals surface area contributed by atoms with Crippen LogP contribution in [0.2, 0.25) is 0 Å². The highest BCUT2D eigenvalue weighted by Gasteiger charge is 2.67. The van der Waals surface area contributed by atoms with E-state index < -0.39 is 30.7 Å². The lowest BCUT2D eigenvalue weighted by atomic mass is 9.42. The molecule has 1 heterocycles. The van der Waals surface area contributed by atoms with Gasteiger partial charge in [-0.05, 0) is 93.3 Å². The fourth-order valence-corrected chi connectivity index (χ4v) is 9.32. The maximum atomic E-state index is 12.7. The summed E-state index contributed by atoms with van der Waals surface area (Å²) in [6, 6.07) is 0. The second kappa shape index (κ2) is 9.92. The van der Waals surface area contributed by atoms with E-state index in [4.69, 9.17) is 15.2 Å². The third-order valence-electron chi connectivity index (χ3n) is 11.7. The van der Waals surface area contributed by atoms with Gasteiger partial charge >= 0.3 is 0 Å². The Hall–Kier alpha value is -0.480. The second-order valence-electron chi connectivity index (χ2n) is 12.9. The molecular formula is C27H47ClN2O6. The van der Waals surface area contributed by atoms with Crippen molar-refractivity contribution in [3.05, 3.63) is 0 Å². The molecule has 13 atom stereocenters. The molecule has 8 nitrogen and oxygen atoms in total. The van der Waals surface area contributed by atoms with Gasteiger partial charge in [0.2, 0.25) is 5.91 Å². The van der Waals surface area contributed by atoms with Crippen LogP contribution in [0.15, 0.2) is 0 Å². The van der Waals surface area contributed by atoms with Crippen LogP contribution in [0.25, 0.3) is 0 Å². The highest BCUT2D eigenvalue weighted by Crippen LogP contribution is 2.68. The van der Waals surface area contributed by atoms with Crippen LogP contribution in [-0.2, 0) is 14.3 Å². The summed E-state index contributed by atoms with van der Waals surface area (Å²) >= 11 is 0. The minimum Gasteiger partial charge on any atom is -0.388 e. The van der Waals surface area contributed by atoms with E-state index >= 15 is 0 Å². The third-order valence-corrected chi connectivity index (χ3v) is 11.7. The molecule has 4 aliphatic carbocycles. The number of hydrogen-bond acceptors (Lipinski definition) is 7. The standard InChI is InChI=1S/C27H46N2O6.ClH/c1-14-20(30)21(31)22(32)24(34-14)35-16-7-10-25(2)15(13-16)5-6-18-17(25)8-11-26(3)19(23(33)29-4)9-12-27(18,26)28;/h14-22,24,30-32H,5-13,28H2,1-4H3,(H,29,33);1H/t14-,15?,16?,17-,18+,19?,20-,21+,22+,24-,25-,26+,27+;/m0./s1. The molecule has 0 aromatic carbocycles. The summed E-state index contributed by atoms with van der Waals surface area (Å²) in [5, 5.41) is 33.4. The van der Waals surface area contributed by atoms with Crippen molar-refractivity contribution in [2.24, 2.45) is 40.2 Å². The Morgan fingerprint density at radius 1 is 0.972 bits per heavy atom. The van der Waals surface area contributed by atoms with Gasteiger partial charge in [0, 0.05) is 18.5 Å². The van der Waals surface area contributed by atoms with Crippen LogP contribution in [-0.4, -0.2) is 70.6 Å². The SMILES string of the molecule is CNC(=O)C1CC[C@@]2(N)[C@@H]3CCC4CC(O[C@@H]5O[C@@H](C)[C@H](O)[C@@H](O)[C@H]5O)CC[C@]4(C)[C@H]3CC[C@]12C.Cl. The van der Waals surface area contributed by atoms with Gasteiger partial charge in [-0.15, -0.1) is 12.4 Å². The van der Waals surface area contributed by atoms with Crippen molar-refractivity contribution in [2.45, 2.75) is 121 Å². The first kappa shape index (κ1) is 28.5. The lowest BCUT2D eigenvalue weighted by molar-refractivity contribution is -0.309. The van der Waals surface area contributed by atoms with Crippen LogP contribution in [0.3, 0.4) is 0 Å². The topological polar surface area (TPSA) is 134 Å². The molecule has 0 spiro atoms. The van der Waals surface area contributed by atoms with Crippen molar-refractivity contribution >= 4 is 18.3 Å². The predicted octanol–water partition coefficient (Wildman–Crippen LogP) is 2.11. The average molecular weight is 531 g/mol. The van der Waals surface area contributed by atoms with E-state index in [9.17, 15) is 20.1 Å². The number of rotatable bonds is 3. The van der Waals surface area contributed by atoms with Gasteiger partial charge in [0.25, 0.3) is 0 Å². The maximum Gasteiger partial charge on any atom is 0.223 e. The molecule has 5 fully saturated rings. The molecule has 9 heteroatoms. The normalized spacial score (nSPS) is 54.4. The Kier molecular flexibility index (Phi) is 7.86. The summed E-state index contributed by atoms with van der Waals surface area (Å²) in [7, 11) is 1.74. The van der Waals surface area contributed by atoms with Gasteiger partial charge in [-0.2, -0.15) is 0 Å². The molecule has 4 saturated carbocycles. The van der Waals surface area contributed by atoms with Gasteiger partial charge in [0.05, 0.1) is 12.2 Å². The molecule has 36 heavy (non-hydrogen) atoms. The number of nitrogens with two attached hydrogens (primary N) is 1. The van der Waals surface area contributed by atoms with E-state index in [1.54, 1.807) is 14.0 Å². The van der Waals surface area contributed by atoms with Crippen molar-refractivity contribution in [3.63, 3.8) is 0 Å². The summed E-state index contributed by atoms with van der Waals surface area (Å²) in [4.78, 5) is 12.7. The highest BCUT2D eigenvalue weighted by molar-refractivity contribution is 5.85. The van der Waals surface area contributed by atoms with E-state index in [0.29, 0.717) is 17.8 Å². The highest BCUT2D eigenvalue weighted by atomic mass is 35.5. The number of fused-ring (bicyclic) bond motifs is 5. The Morgan fingerprint density at radius 2 is 1.69 bits per heavy atom. The molecular weight excluding hydrogens is 484 g/mol. The molecule has 1 saturated heterocycles. The molecule has 5 rings (SSSR count). The molecule has 0 bridgehead atoms. The van der Waals surface area contributed by atoms with Gasteiger partial charge in [0.15, 0.2) is 6.29 Å². The zero-order chi connectivity index (χ0) is 25.3. The van der Waals surface area contributed by atoms with Crippen molar-refractivity contribution in [1.82, 2.24) is 5.32 Å².